The van der Waals surface area contributed by atoms with Crippen LogP contribution in [0.1, 0.15) is 51.1 Å². The molecule has 4 aromatic carbocycles. The van der Waals surface area contributed by atoms with Crippen molar-refractivity contribution >= 4 is 64.7 Å². The predicted molar refractivity (Wildman–Crippen MR) is 262 cm³/mol. The lowest BCUT2D eigenvalue weighted by atomic mass is 9.78. The molecule has 3 amide bonds. The van der Waals surface area contributed by atoms with Gasteiger partial charge in [0, 0.05) is 68.9 Å². The van der Waals surface area contributed by atoms with Gasteiger partial charge in [-0.2, -0.15) is 0 Å². The van der Waals surface area contributed by atoms with Crippen LogP contribution in [0.3, 0.4) is 0 Å². The fraction of sp³-hybridized carbons (Fsp3) is 0.308. The highest BCUT2D eigenvalue weighted by atomic mass is 35.5. The lowest BCUT2D eigenvalue weighted by Crippen LogP contribution is -2.56. The molecule has 0 radical (unpaired) electrons. The SMILES string of the molecule is COc1ccc(/C=C2\CN(C(=O)[C@H](Cc3ccccc3)NC(=O)C3CCC3Nc3cc(C(=O)NC[C@H](O)CN4CCc5ccccc5C4)ncn3)C/C(=C\c3ccc(OC)c(Cl)c3)C2=O)cc1Cl. The number of methoxy groups -OCH3 is 2. The zero-order chi connectivity index (χ0) is 47.7. The van der Waals surface area contributed by atoms with Crippen LogP contribution >= 0.6 is 23.2 Å². The van der Waals surface area contributed by atoms with Crippen LogP contribution in [0, 0.1) is 5.92 Å². The summed E-state index contributed by atoms with van der Waals surface area (Å²) in [6.45, 7) is 2.00. The van der Waals surface area contributed by atoms with Gasteiger partial charge in [-0.05, 0) is 83.5 Å². The Hall–Kier alpha value is -6.58. The van der Waals surface area contributed by atoms with Crippen LogP contribution in [0.5, 0.6) is 11.5 Å². The van der Waals surface area contributed by atoms with Gasteiger partial charge in [-0.3, -0.25) is 24.1 Å². The number of halogens is 2. The van der Waals surface area contributed by atoms with Gasteiger partial charge in [-0.1, -0.05) is 89.9 Å². The number of aliphatic hydroxyl groups excluding tert-OH is 1. The fourth-order valence-corrected chi connectivity index (χ4v) is 9.33. The van der Waals surface area contributed by atoms with Crippen LogP contribution in [-0.4, -0.2) is 114 Å². The molecule has 68 heavy (non-hydrogen) atoms. The van der Waals surface area contributed by atoms with Crippen LogP contribution in [0.25, 0.3) is 12.2 Å². The van der Waals surface area contributed by atoms with Crippen molar-refractivity contribution in [3.8, 4) is 11.5 Å². The number of ketones is 1. The third-order valence-electron chi connectivity index (χ3n) is 12.6. The molecule has 2 unspecified atom stereocenters. The number of likely N-dealkylation sites (tertiary alicyclic amines) is 1. The number of nitrogens with one attached hydrogen (secondary N) is 3. The first kappa shape index (κ1) is 47.9. The molecule has 4 atom stereocenters. The molecule has 8 rings (SSSR count). The van der Waals surface area contributed by atoms with Crippen LogP contribution in [0.2, 0.25) is 10.0 Å². The molecule has 5 aromatic rings. The number of fused-ring (bicyclic) bond motifs is 1. The van der Waals surface area contributed by atoms with E-state index in [1.165, 1.54) is 37.7 Å². The maximum Gasteiger partial charge on any atom is 0.270 e. The van der Waals surface area contributed by atoms with Gasteiger partial charge in [-0.25, -0.2) is 9.97 Å². The topological polar surface area (TPSA) is 175 Å². The molecule has 0 spiro atoms. The van der Waals surface area contributed by atoms with Crippen molar-refractivity contribution < 1.29 is 33.8 Å². The van der Waals surface area contributed by atoms with Crippen molar-refractivity contribution in [2.24, 2.45) is 5.92 Å². The van der Waals surface area contributed by atoms with Gasteiger partial charge < -0.3 is 35.4 Å². The van der Waals surface area contributed by atoms with E-state index in [0.717, 1.165) is 25.1 Å². The summed E-state index contributed by atoms with van der Waals surface area (Å²) in [5, 5.41) is 20.7. The van der Waals surface area contributed by atoms with Crippen LogP contribution in [-0.2, 0) is 33.8 Å². The molecule has 0 bridgehead atoms. The third-order valence-corrected chi connectivity index (χ3v) is 13.2. The standard InChI is InChI=1S/C52H53Cl2N7O7/c1-67-46-16-12-33(22-41(46)53)20-37-28-61(29-38(49(37)63)21-34-13-17-47(68-2)42(54)23-34)52(66)45(24-32-8-4-3-5-9-32)59-50(64)40-14-15-43(40)58-48-25-44(56-31-57-48)51(65)55-26-39(62)30-60-19-18-35-10-6-7-11-36(35)27-60/h3-13,16-17,20-23,25,31,39-40,43,45,62H,14-15,18-19,24,26-30H2,1-2H3,(H,55,65)(H,59,64)(H,56,57,58)/b37-20+,38-21+/t39-,40?,43?,45-/m0/s1. The first-order valence-corrected chi connectivity index (χ1v) is 23.3. The number of hydrogen-bond acceptors (Lipinski definition) is 11. The molecule has 4 N–H and O–H groups in total. The second-order valence-corrected chi connectivity index (χ2v) is 18.1. The molecule has 16 heteroatoms. The average Bonchev–Trinajstić information content (AvgIpc) is 3.33. The van der Waals surface area contributed by atoms with Crippen LogP contribution in [0.15, 0.2) is 115 Å². The number of nitrogens with zero attached hydrogens (tertiary/aromatic N) is 4. The summed E-state index contributed by atoms with van der Waals surface area (Å²) in [6.07, 6.45) is 6.23. The zero-order valence-electron chi connectivity index (χ0n) is 37.8. The van der Waals surface area contributed by atoms with E-state index >= 15 is 0 Å². The van der Waals surface area contributed by atoms with Crippen molar-refractivity contribution in [1.82, 2.24) is 30.4 Å². The first-order chi connectivity index (χ1) is 32.9. The number of Topliss-reactive ketones (excluding diaryl/α,β-unsaturated/α-hetero) is 1. The Morgan fingerprint density at radius 3 is 2.09 bits per heavy atom. The van der Waals surface area contributed by atoms with Gasteiger partial charge in [-0.15, -0.1) is 0 Å². The Labute approximate surface area is 405 Å². The monoisotopic (exact) mass is 957 g/mol. The second kappa shape index (κ2) is 22.0. The molecule has 1 saturated heterocycles. The predicted octanol–water partition coefficient (Wildman–Crippen LogP) is 6.45. The van der Waals surface area contributed by atoms with Crippen LogP contribution < -0.4 is 25.4 Å². The number of piperidine rings is 1. The van der Waals surface area contributed by atoms with E-state index in [0.29, 0.717) is 69.0 Å². The lowest BCUT2D eigenvalue weighted by molar-refractivity contribution is -0.138. The highest BCUT2D eigenvalue weighted by molar-refractivity contribution is 6.32. The Bertz CT molecular complexity index is 2660. The summed E-state index contributed by atoms with van der Waals surface area (Å²) in [4.78, 5) is 68.7. The van der Waals surface area contributed by atoms with Crippen LogP contribution in [0.4, 0.5) is 5.82 Å². The Kier molecular flexibility index (Phi) is 15.5. The van der Waals surface area contributed by atoms with Gasteiger partial charge in [0.05, 0.1) is 36.3 Å². The average molecular weight is 959 g/mol. The normalized spacial score (nSPS) is 19.1. The number of ether oxygens (including phenoxy) is 2. The third kappa shape index (κ3) is 11.7. The second-order valence-electron chi connectivity index (χ2n) is 17.2. The first-order valence-electron chi connectivity index (χ1n) is 22.5. The number of aromatic nitrogens is 2. The summed E-state index contributed by atoms with van der Waals surface area (Å²) in [5.41, 5.74) is 5.51. The summed E-state index contributed by atoms with van der Waals surface area (Å²) < 4.78 is 10.7. The molecule has 3 aliphatic rings. The number of rotatable bonds is 16. The Morgan fingerprint density at radius 2 is 1.47 bits per heavy atom. The molecule has 1 aliphatic carbocycles. The summed E-state index contributed by atoms with van der Waals surface area (Å²) >= 11 is 12.9. The molecule has 1 saturated carbocycles. The van der Waals surface area contributed by atoms with E-state index in [-0.39, 0.29) is 55.4 Å². The molecule has 2 aliphatic heterocycles. The highest BCUT2D eigenvalue weighted by Crippen LogP contribution is 2.33. The number of anilines is 1. The highest BCUT2D eigenvalue weighted by Gasteiger charge is 2.40. The Balaban J connectivity index is 0.952. The molecule has 14 nitrogen and oxygen atoms in total. The van der Waals surface area contributed by atoms with Gasteiger partial charge in [0.2, 0.25) is 11.8 Å². The summed E-state index contributed by atoms with van der Waals surface area (Å²) in [6, 6.07) is 28.3. The summed E-state index contributed by atoms with van der Waals surface area (Å²) in [5.74, 6) is -0.580. The number of carbonyl (C=O) groups excluding carboxylic acids is 4. The number of benzene rings is 4. The van der Waals surface area contributed by atoms with Gasteiger partial charge in [0.15, 0.2) is 5.78 Å². The quantitative estimate of drug-likeness (QED) is 0.0801. The van der Waals surface area contributed by atoms with Crippen molar-refractivity contribution in [1.29, 1.82) is 0 Å². The molecule has 1 aromatic heterocycles. The van der Waals surface area contributed by atoms with E-state index in [1.54, 1.807) is 53.5 Å². The Morgan fingerprint density at radius 1 is 0.824 bits per heavy atom. The lowest BCUT2D eigenvalue weighted by Gasteiger charge is -2.38. The minimum Gasteiger partial charge on any atom is -0.495 e. The summed E-state index contributed by atoms with van der Waals surface area (Å²) in [7, 11) is 3.04. The number of hydrogen-bond donors (Lipinski definition) is 4. The van der Waals surface area contributed by atoms with Crippen molar-refractivity contribution in [2.75, 3.05) is 52.3 Å². The van der Waals surface area contributed by atoms with Crippen molar-refractivity contribution in [2.45, 2.75) is 50.4 Å². The molecule has 3 heterocycles. The smallest absolute Gasteiger partial charge is 0.270 e. The van der Waals surface area contributed by atoms with Gasteiger partial charge in [0.25, 0.3) is 5.91 Å². The number of β-amino-alcohol motifs (C(OH)–C–C–N with tert-alkyl or cyclic N) is 1. The molecule has 2 fully saturated rings. The van der Waals surface area contributed by atoms with E-state index in [1.807, 2.05) is 42.5 Å². The maximum atomic E-state index is 14.8. The van der Waals surface area contributed by atoms with E-state index in [4.69, 9.17) is 32.7 Å². The minimum absolute atomic E-state index is 0.0210. The number of aliphatic hydroxyl groups is 1. The van der Waals surface area contributed by atoms with Crippen molar-refractivity contribution in [3.05, 3.63) is 158 Å². The zero-order valence-corrected chi connectivity index (χ0v) is 39.3. The van der Waals surface area contributed by atoms with Gasteiger partial charge >= 0.3 is 0 Å². The van der Waals surface area contributed by atoms with Gasteiger partial charge in [0.1, 0.15) is 35.4 Å². The molecular formula is C52H53Cl2N7O7. The van der Waals surface area contributed by atoms with E-state index < -0.39 is 24.0 Å². The molecule has 352 valence electrons. The van der Waals surface area contributed by atoms with E-state index in [9.17, 15) is 24.3 Å². The molecular weight excluding hydrogens is 906 g/mol. The largest absolute Gasteiger partial charge is 0.495 e. The number of carbonyl (C=O) groups is 4. The number of amides is 3. The maximum absolute atomic E-state index is 14.8. The van der Waals surface area contributed by atoms with E-state index in [2.05, 4.69) is 43.0 Å². The van der Waals surface area contributed by atoms with Crippen molar-refractivity contribution in [3.63, 3.8) is 0 Å². The minimum atomic E-state index is -0.983. The fourth-order valence-electron chi connectivity index (χ4n) is 8.80.